The van der Waals surface area contributed by atoms with Crippen LogP contribution >= 0.6 is 0 Å². The van der Waals surface area contributed by atoms with Gasteiger partial charge in [-0.05, 0) is 31.4 Å². The average molecular weight is 232 g/mol. The second-order valence-electron chi connectivity index (χ2n) is 4.48. The van der Waals surface area contributed by atoms with Crippen LogP contribution in [0.15, 0.2) is 12.1 Å². The molecule has 1 aliphatic rings. The van der Waals surface area contributed by atoms with Gasteiger partial charge < -0.3 is 15.0 Å². The molecule has 2 heterocycles. The lowest BCUT2D eigenvalue weighted by Gasteiger charge is -1.98. The molecule has 5 nitrogen and oxygen atoms in total. The third-order valence-electron chi connectivity index (χ3n) is 3.00. The van der Waals surface area contributed by atoms with Gasteiger partial charge in [0.2, 0.25) is 5.88 Å². The number of nitrogens with one attached hydrogen (secondary N) is 2. The molecule has 0 bridgehead atoms. The summed E-state index contributed by atoms with van der Waals surface area (Å²) in [6.45, 7) is 1.86. The lowest BCUT2D eigenvalue weighted by molar-refractivity contribution is 0.399. The summed E-state index contributed by atoms with van der Waals surface area (Å²) in [4.78, 5) is 12.0. The van der Waals surface area contributed by atoms with Crippen molar-refractivity contribution in [2.24, 2.45) is 5.92 Å². The van der Waals surface area contributed by atoms with E-state index in [1.807, 2.05) is 12.1 Å². The standard InChI is InChI=1S/C12H16N4O/c1-17-11-5-4-9-12(16-11)15-10(14-9)7-13-6-8-2-3-8/h4-5,8,13H,2-3,6-7H2,1H3,(H,14,15,16). The molecule has 0 unspecified atom stereocenters. The zero-order valence-corrected chi connectivity index (χ0v) is 9.86. The fraction of sp³-hybridized carbons (Fsp3) is 0.500. The summed E-state index contributed by atoms with van der Waals surface area (Å²) >= 11 is 0. The molecule has 1 aliphatic carbocycles. The highest BCUT2D eigenvalue weighted by atomic mass is 16.5. The fourth-order valence-corrected chi connectivity index (χ4v) is 1.84. The number of fused-ring (bicyclic) bond motifs is 1. The minimum absolute atomic E-state index is 0.599. The minimum Gasteiger partial charge on any atom is -0.481 e. The summed E-state index contributed by atoms with van der Waals surface area (Å²) in [6, 6.07) is 3.78. The first-order valence-corrected chi connectivity index (χ1v) is 5.95. The van der Waals surface area contributed by atoms with Crippen LogP contribution in [-0.4, -0.2) is 28.6 Å². The molecule has 0 radical (unpaired) electrons. The highest BCUT2D eigenvalue weighted by Gasteiger charge is 2.20. The number of ether oxygens (including phenoxy) is 1. The quantitative estimate of drug-likeness (QED) is 0.819. The number of methoxy groups -OCH3 is 1. The molecule has 1 fully saturated rings. The van der Waals surface area contributed by atoms with Gasteiger partial charge in [-0.15, -0.1) is 0 Å². The van der Waals surface area contributed by atoms with E-state index in [0.717, 1.165) is 30.3 Å². The molecule has 5 heteroatoms. The predicted molar refractivity (Wildman–Crippen MR) is 64.9 cm³/mol. The van der Waals surface area contributed by atoms with Crippen LogP contribution < -0.4 is 10.1 Å². The highest BCUT2D eigenvalue weighted by molar-refractivity contribution is 5.71. The Bertz CT molecular complexity index is 518. The number of nitrogens with zero attached hydrogens (tertiary/aromatic N) is 2. The summed E-state index contributed by atoms with van der Waals surface area (Å²) in [6.07, 6.45) is 2.73. The molecule has 2 aromatic rings. The molecule has 0 aromatic carbocycles. The largest absolute Gasteiger partial charge is 0.481 e. The number of aromatic amines is 1. The van der Waals surface area contributed by atoms with Crippen molar-refractivity contribution < 1.29 is 4.74 Å². The molecule has 0 aliphatic heterocycles. The highest BCUT2D eigenvalue weighted by Crippen LogP contribution is 2.27. The second-order valence-corrected chi connectivity index (χ2v) is 4.48. The van der Waals surface area contributed by atoms with E-state index in [-0.39, 0.29) is 0 Å². The van der Waals surface area contributed by atoms with E-state index in [0.29, 0.717) is 11.5 Å². The molecule has 2 N–H and O–H groups in total. The first-order valence-electron chi connectivity index (χ1n) is 5.95. The molecule has 90 valence electrons. The Morgan fingerprint density at radius 3 is 3.06 bits per heavy atom. The van der Waals surface area contributed by atoms with Crippen molar-refractivity contribution >= 4 is 11.2 Å². The molecule has 0 spiro atoms. The maximum Gasteiger partial charge on any atom is 0.215 e. The summed E-state index contributed by atoms with van der Waals surface area (Å²) < 4.78 is 5.07. The Kier molecular flexibility index (Phi) is 2.68. The topological polar surface area (TPSA) is 62.8 Å². The lowest BCUT2D eigenvalue weighted by Crippen LogP contribution is -2.16. The van der Waals surface area contributed by atoms with Crippen LogP contribution in [0.1, 0.15) is 18.7 Å². The molecule has 1 saturated carbocycles. The van der Waals surface area contributed by atoms with Crippen LogP contribution in [0.2, 0.25) is 0 Å². The molecule has 3 rings (SSSR count). The van der Waals surface area contributed by atoms with E-state index in [9.17, 15) is 0 Å². The lowest BCUT2D eigenvalue weighted by atomic mass is 10.4. The maximum atomic E-state index is 5.07. The zero-order valence-electron chi connectivity index (χ0n) is 9.86. The molecular weight excluding hydrogens is 216 g/mol. The van der Waals surface area contributed by atoms with E-state index in [1.165, 1.54) is 12.8 Å². The van der Waals surface area contributed by atoms with Crippen molar-refractivity contribution in [3.8, 4) is 5.88 Å². The normalized spacial score (nSPS) is 15.4. The van der Waals surface area contributed by atoms with Crippen molar-refractivity contribution in [1.29, 1.82) is 0 Å². The van der Waals surface area contributed by atoms with Crippen LogP contribution in [0.5, 0.6) is 5.88 Å². The third kappa shape index (κ3) is 2.39. The first kappa shape index (κ1) is 10.5. The van der Waals surface area contributed by atoms with Crippen molar-refractivity contribution in [1.82, 2.24) is 20.3 Å². The van der Waals surface area contributed by atoms with Crippen molar-refractivity contribution in [2.45, 2.75) is 19.4 Å². The molecule has 2 aromatic heterocycles. The van der Waals surface area contributed by atoms with Crippen LogP contribution in [0.3, 0.4) is 0 Å². The number of aromatic nitrogens is 3. The van der Waals surface area contributed by atoms with Crippen molar-refractivity contribution in [3.63, 3.8) is 0 Å². The summed E-state index contributed by atoms with van der Waals surface area (Å²) in [7, 11) is 1.61. The molecule has 17 heavy (non-hydrogen) atoms. The summed E-state index contributed by atoms with van der Waals surface area (Å²) in [5.41, 5.74) is 1.67. The average Bonchev–Trinajstić information content (AvgIpc) is 3.07. The van der Waals surface area contributed by atoms with Crippen LogP contribution in [-0.2, 0) is 6.54 Å². The van der Waals surface area contributed by atoms with E-state index < -0.39 is 0 Å². The number of rotatable bonds is 5. The van der Waals surface area contributed by atoms with Gasteiger partial charge in [-0.1, -0.05) is 0 Å². The number of pyridine rings is 1. The fourth-order valence-electron chi connectivity index (χ4n) is 1.84. The number of hydrogen-bond donors (Lipinski definition) is 2. The van der Waals surface area contributed by atoms with E-state index >= 15 is 0 Å². The van der Waals surface area contributed by atoms with Crippen LogP contribution in [0, 0.1) is 5.92 Å². The smallest absolute Gasteiger partial charge is 0.215 e. The Balaban J connectivity index is 1.71. The maximum absolute atomic E-state index is 5.07. The predicted octanol–water partition coefficient (Wildman–Crippen LogP) is 1.47. The Morgan fingerprint density at radius 2 is 2.29 bits per heavy atom. The SMILES string of the molecule is COc1ccc2[nH]c(CNCC3CC3)nc2n1. The van der Waals surface area contributed by atoms with Gasteiger partial charge in [-0.25, -0.2) is 4.98 Å². The molecular formula is C12H16N4O. The van der Waals surface area contributed by atoms with Gasteiger partial charge in [0.1, 0.15) is 5.82 Å². The van der Waals surface area contributed by atoms with Gasteiger partial charge in [-0.3, -0.25) is 0 Å². The Labute approximate surface area is 99.6 Å². The number of imidazole rings is 1. The van der Waals surface area contributed by atoms with Gasteiger partial charge in [-0.2, -0.15) is 4.98 Å². The van der Waals surface area contributed by atoms with E-state index in [1.54, 1.807) is 7.11 Å². The second kappa shape index (κ2) is 4.33. The van der Waals surface area contributed by atoms with Crippen LogP contribution in [0.4, 0.5) is 0 Å². The zero-order chi connectivity index (χ0) is 11.7. The van der Waals surface area contributed by atoms with Gasteiger partial charge in [0.05, 0.1) is 19.2 Å². The van der Waals surface area contributed by atoms with Gasteiger partial charge in [0.25, 0.3) is 0 Å². The van der Waals surface area contributed by atoms with Crippen molar-refractivity contribution in [3.05, 3.63) is 18.0 Å². The number of hydrogen-bond acceptors (Lipinski definition) is 4. The minimum atomic E-state index is 0.599. The van der Waals surface area contributed by atoms with Gasteiger partial charge in [0, 0.05) is 6.07 Å². The first-order chi connectivity index (χ1) is 8.35. The summed E-state index contributed by atoms with van der Waals surface area (Å²) in [5.74, 6) is 2.42. The van der Waals surface area contributed by atoms with E-state index in [4.69, 9.17) is 4.74 Å². The molecule has 0 amide bonds. The van der Waals surface area contributed by atoms with Gasteiger partial charge in [0.15, 0.2) is 5.65 Å². The third-order valence-corrected chi connectivity index (χ3v) is 3.00. The monoisotopic (exact) mass is 232 g/mol. The van der Waals surface area contributed by atoms with Crippen molar-refractivity contribution in [2.75, 3.05) is 13.7 Å². The Morgan fingerprint density at radius 1 is 1.41 bits per heavy atom. The van der Waals surface area contributed by atoms with Gasteiger partial charge >= 0.3 is 0 Å². The number of H-pyrrole nitrogens is 1. The Hall–Kier alpha value is -1.62. The summed E-state index contributed by atoms with van der Waals surface area (Å²) in [5, 5.41) is 3.40. The van der Waals surface area contributed by atoms with E-state index in [2.05, 4.69) is 20.3 Å². The molecule has 0 saturated heterocycles. The van der Waals surface area contributed by atoms with Crippen LogP contribution in [0.25, 0.3) is 11.2 Å². The molecule has 0 atom stereocenters.